The van der Waals surface area contributed by atoms with E-state index in [4.69, 9.17) is 4.42 Å². The Morgan fingerprint density at radius 3 is 2.75 bits per heavy atom. The van der Waals surface area contributed by atoms with Gasteiger partial charge in [0.15, 0.2) is 6.19 Å². The SMILES string of the molecule is CCc1cccc(N(C#N)Cc2nnc(-c3cccc(F)c3)o2)c1. The van der Waals surface area contributed by atoms with Crippen molar-refractivity contribution in [2.24, 2.45) is 0 Å². The Hall–Kier alpha value is -3.20. The third kappa shape index (κ3) is 3.41. The topological polar surface area (TPSA) is 66.0 Å². The number of halogens is 1. The van der Waals surface area contributed by atoms with Crippen molar-refractivity contribution in [1.29, 1.82) is 5.26 Å². The second kappa shape index (κ2) is 6.92. The predicted octanol–water partition coefficient (Wildman–Crippen LogP) is 3.93. The Labute approximate surface area is 139 Å². The van der Waals surface area contributed by atoms with E-state index in [1.54, 1.807) is 12.1 Å². The van der Waals surface area contributed by atoms with Crippen LogP contribution in [0.3, 0.4) is 0 Å². The Morgan fingerprint density at radius 2 is 2.00 bits per heavy atom. The van der Waals surface area contributed by atoms with Crippen molar-refractivity contribution < 1.29 is 8.81 Å². The van der Waals surface area contributed by atoms with Gasteiger partial charge in [0.2, 0.25) is 11.8 Å². The number of benzene rings is 2. The van der Waals surface area contributed by atoms with Crippen LogP contribution in [0.15, 0.2) is 52.9 Å². The molecular formula is C18H15FN4O. The number of nitriles is 1. The van der Waals surface area contributed by atoms with Crippen LogP contribution >= 0.6 is 0 Å². The molecule has 0 unspecified atom stereocenters. The summed E-state index contributed by atoms with van der Waals surface area (Å²) in [4.78, 5) is 1.47. The first-order valence-corrected chi connectivity index (χ1v) is 7.54. The molecule has 0 bridgehead atoms. The zero-order valence-electron chi connectivity index (χ0n) is 13.1. The molecule has 0 amide bonds. The van der Waals surface area contributed by atoms with Crippen LogP contribution in [0.4, 0.5) is 10.1 Å². The quantitative estimate of drug-likeness (QED) is 0.526. The second-order valence-corrected chi connectivity index (χ2v) is 5.22. The zero-order chi connectivity index (χ0) is 16.9. The average molecular weight is 322 g/mol. The van der Waals surface area contributed by atoms with Gasteiger partial charge >= 0.3 is 0 Å². The summed E-state index contributed by atoms with van der Waals surface area (Å²) in [5.74, 6) is 0.143. The van der Waals surface area contributed by atoms with E-state index in [9.17, 15) is 9.65 Å². The predicted molar refractivity (Wildman–Crippen MR) is 87.3 cm³/mol. The molecule has 0 radical (unpaired) electrons. The molecule has 6 heteroatoms. The van der Waals surface area contributed by atoms with Crippen LogP contribution in [0.2, 0.25) is 0 Å². The summed E-state index contributed by atoms with van der Waals surface area (Å²) >= 11 is 0. The van der Waals surface area contributed by atoms with Crippen molar-refractivity contribution >= 4 is 5.69 Å². The molecule has 0 spiro atoms. The van der Waals surface area contributed by atoms with E-state index in [-0.39, 0.29) is 24.1 Å². The summed E-state index contributed by atoms with van der Waals surface area (Å²) in [5.41, 5.74) is 2.41. The number of aromatic nitrogens is 2. The number of rotatable bonds is 5. The van der Waals surface area contributed by atoms with Crippen molar-refractivity contribution in [2.45, 2.75) is 19.9 Å². The Bertz CT molecular complexity index is 884. The lowest BCUT2D eigenvalue weighted by molar-refractivity contribution is 0.506. The largest absolute Gasteiger partial charge is 0.419 e. The zero-order valence-corrected chi connectivity index (χ0v) is 13.1. The average Bonchev–Trinajstić information content (AvgIpc) is 3.08. The van der Waals surface area contributed by atoms with Gasteiger partial charge in [-0.25, -0.2) is 4.39 Å². The molecule has 1 aromatic heterocycles. The van der Waals surface area contributed by atoms with Crippen molar-refractivity contribution in [3.63, 3.8) is 0 Å². The van der Waals surface area contributed by atoms with Gasteiger partial charge in [-0.3, -0.25) is 4.90 Å². The van der Waals surface area contributed by atoms with Gasteiger partial charge in [-0.05, 0) is 42.3 Å². The van der Waals surface area contributed by atoms with Gasteiger partial charge < -0.3 is 4.42 Å². The van der Waals surface area contributed by atoms with Crippen LogP contribution in [0.1, 0.15) is 18.4 Å². The fourth-order valence-electron chi connectivity index (χ4n) is 2.32. The van der Waals surface area contributed by atoms with E-state index in [2.05, 4.69) is 23.3 Å². The molecule has 3 rings (SSSR count). The van der Waals surface area contributed by atoms with E-state index in [1.165, 1.54) is 17.0 Å². The van der Waals surface area contributed by atoms with Crippen LogP contribution < -0.4 is 4.90 Å². The molecular weight excluding hydrogens is 307 g/mol. The molecule has 0 saturated carbocycles. The van der Waals surface area contributed by atoms with E-state index in [1.807, 2.05) is 24.3 Å². The summed E-state index contributed by atoms with van der Waals surface area (Å²) in [5, 5.41) is 17.3. The Balaban J connectivity index is 1.81. The van der Waals surface area contributed by atoms with Crippen molar-refractivity contribution in [3.05, 3.63) is 65.8 Å². The first-order chi connectivity index (χ1) is 11.7. The number of hydrogen-bond donors (Lipinski definition) is 0. The summed E-state index contributed by atoms with van der Waals surface area (Å²) in [7, 11) is 0. The molecule has 3 aromatic rings. The molecule has 0 aliphatic rings. The van der Waals surface area contributed by atoms with E-state index in [0.29, 0.717) is 5.56 Å². The van der Waals surface area contributed by atoms with Gasteiger partial charge in [0.05, 0.1) is 5.69 Å². The first kappa shape index (κ1) is 15.7. The normalized spacial score (nSPS) is 10.4. The van der Waals surface area contributed by atoms with Crippen molar-refractivity contribution in [1.82, 2.24) is 10.2 Å². The van der Waals surface area contributed by atoms with Gasteiger partial charge in [-0.15, -0.1) is 10.2 Å². The molecule has 2 aromatic carbocycles. The highest BCUT2D eigenvalue weighted by atomic mass is 19.1. The summed E-state index contributed by atoms with van der Waals surface area (Å²) in [6.45, 7) is 2.21. The number of hydrogen-bond acceptors (Lipinski definition) is 5. The standard InChI is InChI=1S/C18H15FN4O/c1-2-13-5-3-8-16(9-13)23(12-20)11-17-21-22-18(24-17)14-6-4-7-15(19)10-14/h3-10H,2,11H2,1H3. The van der Waals surface area contributed by atoms with Crippen LogP contribution in [0, 0.1) is 17.3 Å². The van der Waals surface area contributed by atoms with Gasteiger partial charge in [-0.1, -0.05) is 25.1 Å². The van der Waals surface area contributed by atoms with Crippen molar-refractivity contribution in [2.75, 3.05) is 4.90 Å². The van der Waals surface area contributed by atoms with E-state index >= 15 is 0 Å². The Kier molecular flexibility index (Phi) is 4.52. The molecule has 0 saturated heterocycles. The summed E-state index contributed by atoms with van der Waals surface area (Å²) in [6, 6.07) is 13.7. The monoisotopic (exact) mass is 322 g/mol. The lowest BCUT2D eigenvalue weighted by Gasteiger charge is -2.14. The maximum absolute atomic E-state index is 13.3. The number of anilines is 1. The minimum atomic E-state index is -0.373. The van der Waals surface area contributed by atoms with Gasteiger partial charge in [-0.2, -0.15) is 5.26 Å². The number of nitrogens with zero attached hydrogens (tertiary/aromatic N) is 4. The summed E-state index contributed by atoms with van der Waals surface area (Å²) in [6.07, 6.45) is 3.01. The molecule has 0 atom stereocenters. The maximum Gasteiger partial charge on any atom is 0.247 e. The molecule has 24 heavy (non-hydrogen) atoms. The third-order valence-electron chi connectivity index (χ3n) is 3.58. The molecule has 5 nitrogen and oxygen atoms in total. The third-order valence-corrected chi connectivity index (χ3v) is 3.58. The van der Waals surface area contributed by atoms with E-state index in [0.717, 1.165) is 17.7 Å². The van der Waals surface area contributed by atoms with Crippen LogP contribution in [0.25, 0.3) is 11.5 Å². The van der Waals surface area contributed by atoms with Gasteiger partial charge in [0, 0.05) is 5.56 Å². The van der Waals surface area contributed by atoms with Crippen LogP contribution in [0.5, 0.6) is 0 Å². The fraction of sp³-hybridized carbons (Fsp3) is 0.167. The summed E-state index contributed by atoms with van der Waals surface area (Å²) < 4.78 is 18.8. The molecule has 120 valence electrons. The molecule has 0 fully saturated rings. The highest BCUT2D eigenvalue weighted by molar-refractivity contribution is 5.53. The fourth-order valence-corrected chi connectivity index (χ4v) is 2.32. The molecule has 0 aliphatic heterocycles. The highest BCUT2D eigenvalue weighted by Gasteiger charge is 2.14. The molecule has 0 aliphatic carbocycles. The number of aryl methyl sites for hydroxylation is 1. The maximum atomic E-state index is 13.3. The second-order valence-electron chi connectivity index (χ2n) is 5.22. The van der Waals surface area contributed by atoms with E-state index < -0.39 is 0 Å². The lowest BCUT2D eigenvalue weighted by Crippen LogP contribution is -2.16. The van der Waals surface area contributed by atoms with Gasteiger partial charge in [0.25, 0.3) is 0 Å². The lowest BCUT2D eigenvalue weighted by atomic mass is 10.1. The minimum Gasteiger partial charge on any atom is -0.419 e. The molecule has 0 N–H and O–H groups in total. The minimum absolute atomic E-state index is 0.159. The van der Waals surface area contributed by atoms with Gasteiger partial charge in [0.1, 0.15) is 12.4 Å². The smallest absolute Gasteiger partial charge is 0.247 e. The highest BCUT2D eigenvalue weighted by Crippen LogP contribution is 2.21. The van der Waals surface area contributed by atoms with Crippen LogP contribution in [-0.4, -0.2) is 10.2 Å². The first-order valence-electron chi connectivity index (χ1n) is 7.54. The van der Waals surface area contributed by atoms with Crippen molar-refractivity contribution in [3.8, 4) is 17.6 Å². The van der Waals surface area contributed by atoms with Crippen LogP contribution in [-0.2, 0) is 13.0 Å². The Morgan fingerprint density at radius 1 is 1.17 bits per heavy atom. The molecule has 1 heterocycles.